The molecule has 2 heterocycles. The molecule has 0 bridgehead atoms. The quantitative estimate of drug-likeness (QED) is 0.660. The number of benzene rings is 1. The second-order valence-corrected chi connectivity index (χ2v) is 9.62. The van der Waals surface area contributed by atoms with Crippen molar-refractivity contribution in [3.05, 3.63) is 69.3 Å². The average molecular weight is 453 g/mol. The lowest BCUT2D eigenvalue weighted by Gasteiger charge is -2.44. The summed E-state index contributed by atoms with van der Waals surface area (Å²) >= 11 is 1.53. The van der Waals surface area contributed by atoms with Gasteiger partial charge >= 0.3 is 5.97 Å². The molecule has 0 saturated heterocycles. The van der Waals surface area contributed by atoms with Gasteiger partial charge in [0, 0.05) is 23.4 Å². The normalized spacial score (nSPS) is 20.3. The molecule has 1 aromatic heterocycles. The summed E-state index contributed by atoms with van der Waals surface area (Å²) in [7, 11) is 1.61. The second-order valence-electron chi connectivity index (χ2n) is 8.84. The number of allylic oxidation sites excluding steroid dienone is 2. The Morgan fingerprint density at radius 2 is 1.94 bits per heavy atom. The van der Waals surface area contributed by atoms with Crippen LogP contribution in [0.5, 0.6) is 5.75 Å². The summed E-state index contributed by atoms with van der Waals surface area (Å²) in [6.07, 6.45) is 1.08. The third-order valence-electron chi connectivity index (χ3n) is 5.96. The molecule has 7 heteroatoms. The molecule has 2 aliphatic rings. The topological polar surface area (TPSA) is 81.9 Å². The van der Waals surface area contributed by atoms with Gasteiger partial charge in [0.25, 0.3) is 0 Å². The number of thiophene rings is 1. The van der Waals surface area contributed by atoms with Crippen LogP contribution in [0.15, 0.2) is 63.8 Å². The number of nitrogens with two attached hydrogens (primary N) is 1. The Bertz CT molecular complexity index is 1100. The van der Waals surface area contributed by atoms with Crippen LogP contribution in [0, 0.1) is 5.41 Å². The Hall–Kier alpha value is -3.06. The summed E-state index contributed by atoms with van der Waals surface area (Å²) in [6.45, 7) is 6.15. The molecule has 2 N–H and O–H groups in total. The lowest BCUT2D eigenvalue weighted by atomic mass is 9.68. The number of hydrogen-bond acceptors (Lipinski definition) is 7. The molecule has 0 amide bonds. The number of carbonyl (C=O) groups is 2. The number of ketones is 1. The number of anilines is 1. The molecule has 32 heavy (non-hydrogen) atoms. The molecular formula is C25H28N2O4S. The zero-order valence-corrected chi connectivity index (χ0v) is 19.6. The molecule has 1 aromatic carbocycles. The van der Waals surface area contributed by atoms with E-state index >= 15 is 0 Å². The fourth-order valence-corrected chi connectivity index (χ4v) is 5.30. The van der Waals surface area contributed by atoms with Gasteiger partial charge in [-0.2, -0.15) is 11.3 Å². The monoisotopic (exact) mass is 452 g/mol. The van der Waals surface area contributed by atoms with Crippen LogP contribution < -0.4 is 15.4 Å². The number of nitrogens with zero attached hydrogens (tertiary/aromatic N) is 1. The zero-order valence-electron chi connectivity index (χ0n) is 18.8. The van der Waals surface area contributed by atoms with Crippen LogP contribution in [0.2, 0.25) is 0 Å². The van der Waals surface area contributed by atoms with Crippen LogP contribution in [-0.2, 0) is 14.3 Å². The molecule has 0 saturated carbocycles. The Morgan fingerprint density at radius 3 is 2.53 bits per heavy atom. The van der Waals surface area contributed by atoms with Crippen molar-refractivity contribution < 1.29 is 19.1 Å². The first-order valence-corrected chi connectivity index (χ1v) is 11.6. The van der Waals surface area contributed by atoms with Gasteiger partial charge in [0.2, 0.25) is 0 Å². The van der Waals surface area contributed by atoms with Gasteiger partial charge in [0.05, 0.1) is 25.2 Å². The molecule has 2 aromatic rings. The maximum atomic E-state index is 13.5. The van der Waals surface area contributed by atoms with Gasteiger partial charge in [-0.3, -0.25) is 9.69 Å². The molecular weight excluding hydrogens is 424 g/mol. The van der Waals surface area contributed by atoms with Crippen molar-refractivity contribution in [2.75, 3.05) is 18.6 Å². The van der Waals surface area contributed by atoms with Crippen molar-refractivity contribution in [3.63, 3.8) is 0 Å². The summed E-state index contributed by atoms with van der Waals surface area (Å²) in [6, 6.07) is 9.40. The highest BCUT2D eigenvalue weighted by atomic mass is 32.1. The van der Waals surface area contributed by atoms with Crippen molar-refractivity contribution in [1.29, 1.82) is 0 Å². The molecule has 0 radical (unpaired) electrons. The number of methoxy groups -OCH3 is 1. The van der Waals surface area contributed by atoms with E-state index in [0.29, 0.717) is 35.6 Å². The Labute approximate surface area is 192 Å². The highest BCUT2D eigenvalue weighted by molar-refractivity contribution is 7.08. The van der Waals surface area contributed by atoms with Gasteiger partial charge in [-0.15, -0.1) is 0 Å². The first kappa shape index (κ1) is 22.1. The summed E-state index contributed by atoms with van der Waals surface area (Å²) in [5.41, 5.74) is 9.95. The van der Waals surface area contributed by atoms with Crippen LogP contribution in [0.3, 0.4) is 0 Å². The maximum Gasteiger partial charge on any atom is 0.338 e. The van der Waals surface area contributed by atoms with Crippen molar-refractivity contribution in [2.24, 2.45) is 11.1 Å². The minimum absolute atomic E-state index is 0.0419. The maximum absolute atomic E-state index is 13.5. The van der Waals surface area contributed by atoms with Crippen molar-refractivity contribution >= 4 is 28.8 Å². The van der Waals surface area contributed by atoms with E-state index in [1.807, 2.05) is 46.0 Å². The summed E-state index contributed by atoms with van der Waals surface area (Å²) < 4.78 is 10.7. The first-order chi connectivity index (χ1) is 15.3. The van der Waals surface area contributed by atoms with E-state index < -0.39 is 11.9 Å². The summed E-state index contributed by atoms with van der Waals surface area (Å²) in [4.78, 5) is 28.6. The lowest BCUT2D eigenvalue weighted by molar-refractivity contribution is -0.138. The van der Waals surface area contributed by atoms with Gasteiger partial charge in [0.15, 0.2) is 5.78 Å². The molecule has 0 fully saturated rings. The van der Waals surface area contributed by atoms with Gasteiger partial charge < -0.3 is 15.2 Å². The molecule has 1 unspecified atom stereocenters. The van der Waals surface area contributed by atoms with Gasteiger partial charge in [0.1, 0.15) is 11.6 Å². The van der Waals surface area contributed by atoms with Crippen LogP contribution in [0.4, 0.5) is 5.69 Å². The minimum atomic E-state index is -0.534. The van der Waals surface area contributed by atoms with Crippen molar-refractivity contribution in [3.8, 4) is 5.75 Å². The molecule has 4 rings (SSSR count). The third kappa shape index (κ3) is 3.81. The minimum Gasteiger partial charge on any atom is -0.497 e. The van der Waals surface area contributed by atoms with E-state index in [1.165, 1.54) is 11.3 Å². The van der Waals surface area contributed by atoms with E-state index in [0.717, 1.165) is 16.9 Å². The van der Waals surface area contributed by atoms with Crippen molar-refractivity contribution in [1.82, 2.24) is 0 Å². The standard InChI is InChI=1S/C25H28N2O4S/c1-5-31-24(29)22-20(15-10-11-32-14-15)21-18(12-25(2,3)13-19(21)28)27(23(22)26)16-6-8-17(30-4)9-7-16/h6-11,14,20H,5,12-13,26H2,1-4H3. The van der Waals surface area contributed by atoms with E-state index in [-0.39, 0.29) is 17.8 Å². The van der Waals surface area contributed by atoms with E-state index in [1.54, 1.807) is 14.0 Å². The fourth-order valence-electron chi connectivity index (χ4n) is 4.62. The van der Waals surface area contributed by atoms with E-state index in [4.69, 9.17) is 15.2 Å². The van der Waals surface area contributed by atoms with Gasteiger partial charge in [-0.05, 0) is 65.4 Å². The molecule has 1 atom stereocenters. The largest absolute Gasteiger partial charge is 0.497 e. The number of Topliss-reactive ketones (excluding diaryl/α,β-unsaturated/α-hetero) is 1. The highest BCUT2D eigenvalue weighted by Gasteiger charge is 2.46. The smallest absolute Gasteiger partial charge is 0.338 e. The van der Waals surface area contributed by atoms with Crippen LogP contribution in [-0.4, -0.2) is 25.5 Å². The first-order valence-electron chi connectivity index (χ1n) is 10.7. The van der Waals surface area contributed by atoms with Gasteiger partial charge in [-0.25, -0.2) is 4.79 Å². The molecule has 0 spiro atoms. The van der Waals surface area contributed by atoms with Crippen LogP contribution in [0.1, 0.15) is 45.1 Å². The molecule has 1 aliphatic carbocycles. The zero-order chi connectivity index (χ0) is 23.0. The Morgan fingerprint density at radius 1 is 1.22 bits per heavy atom. The SMILES string of the molecule is CCOC(=O)C1=C(N)N(c2ccc(OC)cc2)C2=C(C(=O)CC(C)(C)C2)C1c1ccsc1. The number of esters is 1. The van der Waals surface area contributed by atoms with Crippen LogP contribution >= 0.6 is 11.3 Å². The summed E-state index contributed by atoms with van der Waals surface area (Å²) in [5.74, 6) is 0.0240. The molecule has 168 valence electrons. The Kier molecular flexibility index (Phi) is 5.86. The van der Waals surface area contributed by atoms with E-state index in [9.17, 15) is 9.59 Å². The van der Waals surface area contributed by atoms with E-state index in [2.05, 4.69) is 13.8 Å². The van der Waals surface area contributed by atoms with Crippen LogP contribution in [0.25, 0.3) is 0 Å². The number of hydrogen-bond donors (Lipinski definition) is 1. The fraction of sp³-hybridized carbons (Fsp3) is 0.360. The highest BCUT2D eigenvalue weighted by Crippen LogP contribution is 2.50. The number of carbonyl (C=O) groups excluding carboxylic acids is 2. The third-order valence-corrected chi connectivity index (χ3v) is 6.66. The average Bonchev–Trinajstić information content (AvgIpc) is 3.27. The molecule has 1 aliphatic heterocycles. The lowest BCUT2D eigenvalue weighted by Crippen LogP contribution is -2.43. The number of ether oxygens (including phenoxy) is 2. The number of rotatable bonds is 5. The van der Waals surface area contributed by atoms with Crippen molar-refractivity contribution in [2.45, 2.75) is 39.5 Å². The second kappa shape index (κ2) is 8.47. The predicted molar refractivity (Wildman–Crippen MR) is 125 cm³/mol. The molecule has 6 nitrogen and oxygen atoms in total. The van der Waals surface area contributed by atoms with Gasteiger partial charge in [-0.1, -0.05) is 13.8 Å². The predicted octanol–water partition coefficient (Wildman–Crippen LogP) is 4.74. The summed E-state index contributed by atoms with van der Waals surface area (Å²) in [5, 5.41) is 3.92. The Balaban J connectivity index is 1.98.